The second-order valence-corrected chi connectivity index (χ2v) is 6.71. The lowest BCUT2D eigenvalue weighted by Crippen LogP contribution is -2.21. The fourth-order valence-electron chi connectivity index (χ4n) is 2.48. The van der Waals surface area contributed by atoms with Gasteiger partial charge in [-0.15, -0.1) is 10.2 Å². The first-order valence-electron chi connectivity index (χ1n) is 8.34. The van der Waals surface area contributed by atoms with E-state index in [4.69, 9.17) is 16.9 Å². The molecule has 3 aromatic rings. The second-order valence-electron chi connectivity index (χ2n) is 6.27. The molecule has 0 spiro atoms. The van der Waals surface area contributed by atoms with Crippen LogP contribution in [0, 0.1) is 11.3 Å². The molecule has 1 heterocycles. The summed E-state index contributed by atoms with van der Waals surface area (Å²) in [5, 5.41) is 24.3. The third-order valence-corrected chi connectivity index (χ3v) is 4.18. The van der Waals surface area contributed by atoms with E-state index in [2.05, 4.69) is 34.6 Å². The molecule has 0 saturated carbocycles. The number of tetrazole rings is 1. The highest BCUT2D eigenvalue weighted by Crippen LogP contribution is 2.21. The Bertz CT molecular complexity index is 1000. The molecular weight excluding hydrogens is 364 g/mol. The van der Waals surface area contributed by atoms with E-state index in [0.717, 1.165) is 5.56 Å². The van der Waals surface area contributed by atoms with Gasteiger partial charge in [-0.3, -0.25) is 4.79 Å². The Morgan fingerprint density at radius 2 is 2.00 bits per heavy atom. The van der Waals surface area contributed by atoms with Crippen LogP contribution in [-0.4, -0.2) is 26.1 Å². The van der Waals surface area contributed by atoms with Gasteiger partial charge in [0.15, 0.2) is 0 Å². The van der Waals surface area contributed by atoms with Crippen LogP contribution in [0.4, 0.5) is 5.69 Å². The van der Waals surface area contributed by atoms with Crippen molar-refractivity contribution in [2.45, 2.75) is 26.3 Å². The van der Waals surface area contributed by atoms with Gasteiger partial charge < -0.3 is 5.32 Å². The number of hydrogen-bond acceptors (Lipinski definition) is 5. The summed E-state index contributed by atoms with van der Waals surface area (Å²) in [6, 6.07) is 14.6. The SMILES string of the molecule is CC(C)c1ccc(-c2nnn(CC(=O)Nc3cc(Cl)ccc3C#N)n2)cc1. The van der Waals surface area contributed by atoms with Crippen LogP contribution in [0.3, 0.4) is 0 Å². The molecule has 8 heteroatoms. The van der Waals surface area contributed by atoms with Gasteiger partial charge in [-0.1, -0.05) is 49.7 Å². The van der Waals surface area contributed by atoms with Crippen molar-refractivity contribution in [3.63, 3.8) is 0 Å². The Hall–Kier alpha value is -3.24. The van der Waals surface area contributed by atoms with E-state index in [1.54, 1.807) is 12.1 Å². The van der Waals surface area contributed by atoms with Crippen molar-refractivity contribution in [3.8, 4) is 17.5 Å². The Balaban J connectivity index is 1.70. The van der Waals surface area contributed by atoms with E-state index in [1.807, 2.05) is 30.3 Å². The van der Waals surface area contributed by atoms with Crippen LogP contribution in [0.15, 0.2) is 42.5 Å². The van der Waals surface area contributed by atoms with Gasteiger partial charge in [0, 0.05) is 10.6 Å². The first-order chi connectivity index (χ1) is 13.0. The van der Waals surface area contributed by atoms with E-state index in [-0.39, 0.29) is 12.5 Å². The number of rotatable bonds is 5. The highest BCUT2D eigenvalue weighted by Gasteiger charge is 2.12. The Kier molecular flexibility index (Phi) is 5.48. The van der Waals surface area contributed by atoms with Crippen molar-refractivity contribution in [3.05, 3.63) is 58.6 Å². The average molecular weight is 381 g/mol. The molecule has 1 aromatic heterocycles. The summed E-state index contributed by atoms with van der Waals surface area (Å²) < 4.78 is 0. The van der Waals surface area contributed by atoms with E-state index >= 15 is 0 Å². The first-order valence-corrected chi connectivity index (χ1v) is 8.71. The topological polar surface area (TPSA) is 96.5 Å². The molecule has 0 unspecified atom stereocenters. The fraction of sp³-hybridized carbons (Fsp3) is 0.211. The summed E-state index contributed by atoms with van der Waals surface area (Å²) in [5.74, 6) is 0.502. The molecular formula is C19H17ClN6O. The minimum Gasteiger partial charge on any atom is -0.323 e. The van der Waals surface area contributed by atoms with Crippen molar-refractivity contribution in [2.24, 2.45) is 0 Å². The van der Waals surface area contributed by atoms with E-state index in [0.29, 0.717) is 28.0 Å². The van der Waals surface area contributed by atoms with Gasteiger partial charge in [0.05, 0.1) is 11.3 Å². The maximum absolute atomic E-state index is 12.2. The number of nitrogens with zero attached hydrogens (tertiary/aromatic N) is 5. The summed E-state index contributed by atoms with van der Waals surface area (Å²) in [4.78, 5) is 13.4. The quantitative estimate of drug-likeness (QED) is 0.729. The standard InChI is InChI=1S/C19H17ClN6O/c1-12(2)13-3-5-14(6-4-13)19-23-25-26(24-19)11-18(27)22-17-9-16(20)8-7-15(17)10-21/h3-9,12H,11H2,1-2H3,(H,22,27). The van der Waals surface area contributed by atoms with Gasteiger partial charge in [0.25, 0.3) is 0 Å². The third-order valence-electron chi connectivity index (χ3n) is 3.95. The number of carbonyl (C=O) groups is 1. The molecule has 0 aliphatic carbocycles. The number of benzene rings is 2. The fourth-order valence-corrected chi connectivity index (χ4v) is 2.65. The molecule has 1 amide bonds. The molecule has 0 atom stereocenters. The maximum Gasteiger partial charge on any atom is 0.248 e. The predicted molar refractivity (Wildman–Crippen MR) is 102 cm³/mol. The normalized spacial score (nSPS) is 10.6. The molecule has 7 nitrogen and oxygen atoms in total. The molecule has 0 saturated heterocycles. The molecule has 0 radical (unpaired) electrons. The van der Waals surface area contributed by atoms with E-state index in [9.17, 15) is 4.79 Å². The van der Waals surface area contributed by atoms with Crippen LogP contribution in [-0.2, 0) is 11.3 Å². The number of amides is 1. The van der Waals surface area contributed by atoms with Gasteiger partial charge in [0.2, 0.25) is 11.7 Å². The van der Waals surface area contributed by atoms with Gasteiger partial charge >= 0.3 is 0 Å². The third kappa shape index (κ3) is 4.49. The number of carbonyl (C=O) groups excluding carboxylic acids is 1. The van der Waals surface area contributed by atoms with Crippen molar-refractivity contribution >= 4 is 23.2 Å². The summed E-state index contributed by atoms with van der Waals surface area (Å²) in [5.41, 5.74) is 2.72. The van der Waals surface area contributed by atoms with E-state index < -0.39 is 0 Å². The first kappa shape index (κ1) is 18.5. The lowest BCUT2D eigenvalue weighted by atomic mass is 10.0. The van der Waals surface area contributed by atoms with Crippen LogP contribution >= 0.6 is 11.6 Å². The smallest absolute Gasteiger partial charge is 0.248 e. The average Bonchev–Trinajstić information content (AvgIpc) is 3.10. The summed E-state index contributed by atoms with van der Waals surface area (Å²) >= 11 is 5.92. The Labute approximate surface area is 161 Å². The van der Waals surface area contributed by atoms with Gasteiger partial charge in [-0.2, -0.15) is 10.1 Å². The minimum absolute atomic E-state index is 0.130. The zero-order chi connectivity index (χ0) is 19.4. The molecule has 0 bridgehead atoms. The number of nitrogens with one attached hydrogen (secondary N) is 1. The van der Waals surface area contributed by atoms with Crippen LogP contribution in [0.2, 0.25) is 5.02 Å². The molecule has 2 aromatic carbocycles. The molecule has 3 rings (SSSR count). The zero-order valence-corrected chi connectivity index (χ0v) is 15.6. The number of hydrogen-bond donors (Lipinski definition) is 1. The van der Waals surface area contributed by atoms with Crippen LogP contribution < -0.4 is 5.32 Å². The highest BCUT2D eigenvalue weighted by molar-refractivity contribution is 6.31. The number of nitriles is 1. The lowest BCUT2D eigenvalue weighted by Gasteiger charge is -2.06. The number of halogens is 1. The molecule has 0 fully saturated rings. The molecule has 1 N–H and O–H groups in total. The second kappa shape index (κ2) is 7.98. The minimum atomic E-state index is -0.382. The lowest BCUT2D eigenvalue weighted by molar-refractivity contribution is -0.117. The van der Waals surface area contributed by atoms with Gasteiger partial charge in [-0.25, -0.2) is 0 Å². The number of anilines is 1. The monoisotopic (exact) mass is 380 g/mol. The summed E-state index contributed by atoms with van der Waals surface area (Å²) in [6.45, 7) is 4.12. The highest BCUT2D eigenvalue weighted by atomic mass is 35.5. The predicted octanol–water partition coefficient (Wildman–Crippen LogP) is 3.63. The van der Waals surface area contributed by atoms with E-state index in [1.165, 1.54) is 16.4 Å². The van der Waals surface area contributed by atoms with Crippen LogP contribution in [0.5, 0.6) is 0 Å². The van der Waals surface area contributed by atoms with Crippen molar-refractivity contribution in [1.29, 1.82) is 5.26 Å². The molecule has 136 valence electrons. The van der Waals surface area contributed by atoms with Gasteiger partial charge in [0.1, 0.15) is 12.6 Å². The zero-order valence-electron chi connectivity index (χ0n) is 14.8. The number of aromatic nitrogens is 4. The van der Waals surface area contributed by atoms with Crippen LogP contribution in [0.25, 0.3) is 11.4 Å². The summed E-state index contributed by atoms with van der Waals surface area (Å²) in [7, 11) is 0. The largest absolute Gasteiger partial charge is 0.323 e. The van der Waals surface area contributed by atoms with Crippen molar-refractivity contribution < 1.29 is 4.79 Å². The molecule has 0 aliphatic heterocycles. The summed E-state index contributed by atoms with van der Waals surface area (Å²) in [6.07, 6.45) is 0. The van der Waals surface area contributed by atoms with Crippen molar-refractivity contribution in [1.82, 2.24) is 20.2 Å². The molecule has 27 heavy (non-hydrogen) atoms. The van der Waals surface area contributed by atoms with Crippen LogP contribution in [0.1, 0.15) is 30.9 Å². The Morgan fingerprint density at radius 3 is 2.67 bits per heavy atom. The molecule has 0 aliphatic rings. The Morgan fingerprint density at radius 1 is 1.26 bits per heavy atom. The maximum atomic E-state index is 12.2. The van der Waals surface area contributed by atoms with Gasteiger partial charge in [-0.05, 0) is 34.9 Å². The van der Waals surface area contributed by atoms with Crippen molar-refractivity contribution in [2.75, 3.05) is 5.32 Å².